The third-order valence-electron chi connectivity index (χ3n) is 2.97. The predicted octanol–water partition coefficient (Wildman–Crippen LogP) is 2.23. The molecule has 0 heterocycles. The smallest absolute Gasteiger partial charge is 0.408 e. The van der Waals surface area contributed by atoms with E-state index in [1.165, 1.54) is 24.3 Å². The Morgan fingerprint density at radius 2 is 1.76 bits per heavy atom. The van der Waals surface area contributed by atoms with Crippen LogP contribution in [0.2, 0.25) is 0 Å². The van der Waals surface area contributed by atoms with E-state index in [0.717, 1.165) is 7.11 Å². The number of nitro benzene ring substituents is 1. The summed E-state index contributed by atoms with van der Waals surface area (Å²) in [7, 11) is 1.13. The number of methoxy groups -OCH3 is 1. The molecule has 136 valence electrons. The third-order valence-corrected chi connectivity index (χ3v) is 2.97. The lowest BCUT2D eigenvalue weighted by Gasteiger charge is -2.22. The van der Waals surface area contributed by atoms with Gasteiger partial charge in [-0.05, 0) is 32.9 Å². The van der Waals surface area contributed by atoms with Crippen LogP contribution in [0.1, 0.15) is 37.6 Å². The summed E-state index contributed by atoms with van der Waals surface area (Å²) in [6.45, 7) is 4.96. The number of Topliss-reactive ketones (excluding diaryl/α,β-unsaturated/α-hetero) is 1. The topological polar surface area (TPSA) is 125 Å². The molecule has 0 aliphatic heterocycles. The van der Waals surface area contributed by atoms with Crippen LogP contribution in [0.5, 0.6) is 0 Å². The number of non-ortho nitro benzene ring substituents is 1. The molecular weight excluding hydrogens is 332 g/mol. The van der Waals surface area contributed by atoms with Crippen LogP contribution in [0.4, 0.5) is 10.5 Å². The molecule has 0 fully saturated rings. The fourth-order valence-corrected chi connectivity index (χ4v) is 1.86. The Bertz CT molecular complexity index is 662. The van der Waals surface area contributed by atoms with Gasteiger partial charge in [0.05, 0.1) is 12.0 Å². The first kappa shape index (κ1) is 20.1. The van der Waals surface area contributed by atoms with Crippen LogP contribution >= 0.6 is 0 Å². The van der Waals surface area contributed by atoms with Crippen molar-refractivity contribution in [2.45, 2.75) is 38.8 Å². The van der Waals surface area contributed by atoms with Gasteiger partial charge < -0.3 is 14.8 Å². The summed E-state index contributed by atoms with van der Waals surface area (Å²) >= 11 is 0. The van der Waals surface area contributed by atoms with E-state index in [9.17, 15) is 24.5 Å². The summed E-state index contributed by atoms with van der Waals surface area (Å²) in [6.07, 6.45) is -1.23. The maximum absolute atomic E-state index is 12.3. The molecule has 1 aromatic rings. The zero-order chi connectivity index (χ0) is 19.2. The summed E-state index contributed by atoms with van der Waals surface area (Å²) in [5, 5.41) is 12.9. The molecule has 25 heavy (non-hydrogen) atoms. The van der Waals surface area contributed by atoms with E-state index in [1.54, 1.807) is 20.8 Å². The Balaban J connectivity index is 2.83. The number of hydrogen-bond donors (Lipinski definition) is 1. The lowest BCUT2D eigenvalue weighted by Crippen LogP contribution is -2.45. The average molecular weight is 352 g/mol. The number of nitrogens with zero attached hydrogens (tertiary/aromatic N) is 1. The van der Waals surface area contributed by atoms with Gasteiger partial charge in [-0.3, -0.25) is 14.9 Å². The van der Waals surface area contributed by atoms with Gasteiger partial charge in [0.15, 0.2) is 5.78 Å². The van der Waals surface area contributed by atoms with Gasteiger partial charge in [-0.25, -0.2) is 9.59 Å². The van der Waals surface area contributed by atoms with Gasteiger partial charge in [0.25, 0.3) is 5.69 Å². The normalized spacial score (nSPS) is 12.0. The van der Waals surface area contributed by atoms with Crippen molar-refractivity contribution in [2.24, 2.45) is 0 Å². The van der Waals surface area contributed by atoms with Gasteiger partial charge in [-0.15, -0.1) is 0 Å². The first-order valence-corrected chi connectivity index (χ1v) is 7.38. The minimum absolute atomic E-state index is 0.159. The summed E-state index contributed by atoms with van der Waals surface area (Å²) in [5.74, 6) is -1.29. The van der Waals surface area contributed by atoms with Crippen molar-refractivity contribution in [1.29, 1.82) is 0 Å². The Morgan fingerprint density at radius 1 is 1.20 bits per heavy atom. The maximum Gasteiger partial charge on any atom is 0.408 e. The van der Waals surface area contributed by atoms with Crippen molar-refractivity contribution in [3.05, 3.63) is 39.9 Å². The number of nitrogens with one attached hydrogen (secondary N) is 1. The zero-order valence-electron chi connectivity index (χ0n) is 14.4. The van der Waals surface area contributed by atoms with Crippen molar-refractivity contribution in [1.82, 2.24) is 5.32 Å². The molecule has 0 unspecified atom stereocenters. The van der Waals surface area contributed by atoms with E-state index >= 15 is 0 Å². The number of hydrogen-bond acceptors (Lipinski definition) is 7. The number of alkyl carbamates (subject to hydrolysis) is 1. The number of benzene rings is 1. The molecular formula is C16H20N2O7. The molecule has 0 aliphatic rings. The van der Waals surface area contributed by atoms with Gasteiger partial charge in [0.2, 0.25) is 0 Å². The Morgan fingerprint density at radius 3 is 2.20 bits per heavy atom. The third kappa shape index (κ3) is 6.58. The molecule has 0 spiro atoms. The molecule has 0 aliphatic carbocycles. The summed E-state index contributed by atoms with van der Waals surface area (Å²) in [5.41, 5.74) is -0.758. The Kier molecular flexibility index (Phi) is 6.60. The molecule has 1 rings (SSSR count). The van der Waals surface area contributed by atoms with Crippen molar-refractivity contribution in [3.63, 3.8) is 0 Å². The highest BCUT2D eigenvalue weighted by atomic mass is 16.6. The van der Waals surface area contributed by atoms with Crippen molar-refractivity contribution in [2.75, 3.05) is 7.11 Å². The minimum Gasteiger partial charge on any atom is -0.467 e. The van der Waals surface area contributed by atoms with E-state index in [1.807, 2.05) is 0 Å². The Labute approximate surface area is 144 Å². The van der Waals surface area contributed by atoms with Crippen molar-refractivity contribution < 1.29 is 28.8 Å². The second-order valence-electron chi connectivity index (χ2n) is 6.15. The van der Waals surface area contributed by atoms with Crippen LogP contribution in [0.25, 0.3) is 0 Å². The quantitative estimate of drug-likeness (QED) is 0.360. The molecule has 9 heteroatoms. The number of carbonyl (C=O) groups is 3. The number of amides is 1. The largest absolute Gasteiger partial charge is 0.467 e. The zero-order valence-corrected chi connectivity index (χ0v) is 14.4. The van der Waals surface area contributed by atoms with E-state index in [-0.39, 0.29) is 17.7 Å². The second-order valence-corrected chi connectivity index (χ2v) is 6.15. The van der Waals surface area contributed by atoms with Gasteiger partial charge >= 0.3 is 12.1 Å². The van der Waals surface area contributed by atoms with Crippen molar-refractivity contribution >= 4 is 23.5 Å². The lowest BCUT2D eigenvalue weighted by atomic mass is 10.0. The first-order chi connectivity index (χ1) is 11.5. The van der Waals surface area contributed by atoms with Crippen LogP contribution in [-0.2, 0) is 14.3 Å². The highest BCUT2D eigenvalue weighted by Gasteiger charge is 2.27. The second kappa shape index (κ2) is 8.22. The number of ketones is 1. The van der Waals surface area contributed by atoms with E-state index in [2.05, 4.69) is 10.1 Å². The molecule has 1 N–H and O–H groups in total. The number of carbonyl (C=O) groups excluding carboxylic acids is 3. The molecule has 0 saturated carbocycles. The number of ether oxygens (including phenoxy) is 2. The van der Waals surface area contributed by atoms with Crippen LogP contribution in [-0.4, -0.2) is 41.5 Å². The maximum atomic E-state index is 12.3. The molecule has 1 aromatic carbocycles. The molecule has 1 amide bonds. The highest BCUT2D eigenvalue weighted by molar-refractivity contribution is 5.99. The van der Waals surface area contributed by atoms with E-state index in [0.29, 0.717) is 0 Å². The molecule has 0 aromatic heterocycles. The fourth-order valence-electron chi connectivity index (χ4n) is 1.86. The van der Waals surface area contributed by atoms with E-state index in [4.69, 9.17) is 4.74 Å². The average Bonchev–Trinajstić information content (AvgIpc) is 2.51. The predicted molar refractivity (Wildman–Crippen MR) is 87.2 cm³/mol. The minimum atomic E-state index is -1.23. The molecule has 0 saturated heterocycles. The molecule has 9 nitrogen and oxygen atoms in total. The summed E-state index contributed by atoms with van der Waals surface area (Å²) in [6, 6.07) is 3.69. The van der Waals surface area contributed by atoms with Crippen LogP contribution in [0, 0.1) is 10.1 Å². The molecule has 1 atom stereocenters. The van der Waals surface area contributed by atoms with E-state index < -0.39 is 34.4 Å². The number of rotatable bonds is 6. The fraction of sp³-hybridized carbons (Fsp3) is 0.438. The lowest BCUT2D eigenvalue weighted by molar-refractivity contribution is -0.384. The van der Waals surface area contributed by atoms with Gasteiger partial charge in [0.1, 0.15) is 11.6 Å². The first-order valence-electron chi connectivity index (χ1n) is 7.38. The van der Waals surface area contributed by atoms with Gasteiger partial charge in [-0.2, -0.15) is 0 Å². The SMILES string of the molecule is COC(=O)[C@H](CC(=O)c1ccc([N+](=O)[O-])cc1)NC(=O)OC(C)(C)C. The number of nitro groups is 1. The monoisotopic (exact) mass is 352 g/mol. The molecule has 0 bridgehead atoms. The standard InChI is InChI=1S/C16H20N2O7/c1-16(2,3)25-15(21)17-12(14(20)24-4)9-13(19)10-5-7-11(8-6-10)18(22)23/h5-8,12H,9H2,1-4H3,(H,17,21)/t12-/m0/s1. The van der Waals surface area contributed by atoms with Crippen LogP contribution in [0.15, 0.2) is 24.3 Å². The van der Waals surface area contributed by atoms with Crippen molar-refractivity contribution in [3.8, 4) is 0 Å². The highest BCUT2D eigenvalue weighted by Crippen LogP contribution is 2.14. The molecule has 0 radical (unpaired) electrons. The van der Waals surface area contributed by atoms with Gasteiger partial charge in [-0.1, -0.05) is 0 Å². The number of esters is 1. The summed E-state index contributed by atoms with van der Waals surface area (Å²) in [4.78, 5) is 45.9. The summed E-state index contributed by atoms with van der Waals surface area (Å²) < 4.78 is 9.63. The van der Waals surface area contributed by atoms with Crippen LogP contribution in [0.3, 0.4) is 0 Å². The van der Waals surface area contributed by atoms with Crippen LogP contribution < -0.4 is 5.32 Å². The Hall–Kier alpha value is -2.97. The van der Waals surface area contributed by atoms with Gasteiger partial charge in [0, 0.05) is 24.1 Å².